The normalized spacial score (nSPS) is 13.7. The van der Waals surface area contributed by atoms with Crippen LogP contribution in [0, 0.1) is 5.92 Å². The average molecular weight is 277 g/mol. The molecule has 1 unspecified atom stereocenters. The Labute approximate surface area is 110 Å². The summed E-state index contributed by atoms with van der Waals surface area (Å²) in [5, 5.41) is 3.14. The molecule has 0 saturated carbocycles. The van der Waals surface area contributed by atoms with Crippen LogP contribution in [0.5, 0.6) is 0 Å². The van der Waals surface area contributed by atoms with Crippen LogP contribution in [-0.2, 0) is 0 Å². The molecule has 18 heavy (non-hydrogen) atoms. The standard InChI is InChI=1S/C13H18F3NS/c1-9(2)8-10(3)17-11-6-4-5-7-12(11)18-13(14,15)16/h4-7,9-10,17H,8H2,1-3H3. The molecule has 1 N–H and O–H groups in total. The van der Waals surface area contributed by atoms with Crippen LogP contribution in [0.4, 0.5) is 18.9 Å². The van der Waals surface area contributed by atoms with Crippen molar-refractivity contribution in [1.29, 1.82) is 0 Å². The minimum atomic E-state index is -4.25. The Bertz CT molecular complexity index is 377. The third-order valence-corrected chi connectivity index (χ3v) is 3.15. The van der Waals surface area contributed by atoms with Gasteiger partial charge in [-0.2, -0.15) is 13.2 Å². The van der Waals surface area contributed by atoms with Gasteiger partial charge in [0.25, 0.3) is 0 Å². The van der Waals surface area contributed by atoms with E-state index in [2.05, 4.69) is 19.2 Å². The van der Waals surface area contributed by atoms with Gasteiger partial charge in [0.05, 0.1) is 0 Å². The lowest BCUT2D eigenvalue weighted by atomic mass is 10.1. The zero-order valence-corrected chi connectivity index (χ0v) is 11.5. The summed E-state index contributed by atoms with van der Waals surface area (Å²) in [6.07, 6.45) is 0.922. The van der Waals surface area contributed by atoms with E-state index in [1.54, 1.807) is 18.2 Å². The van der Waals surface area contributed by atoms with Crippen LogP contribution in [0.15, 0.2) is 29.2 Å². The van der Waals surface area contributed by atoms with Crippen LogP contribution in [0.1, 0.15) is 27.2 Å². The molecule has 0 radical (unpaired) electrons. The molecule has 0 fully saturated rings. The van der Waals surface area contributed by atoms with E-state index >= 15 is 0 Å². The van der Waals surface area contributed by atoms with Gasteiger partial charge in [-0.15, -0.1) is 0 Å². The number of thioether (sulfide) groups is 1. The number of hydrogen-bond donors (Lipinski definition) is 1. The third kappa shape index (κ3) is 5.67. The van der Waals surface area contributed by atoms with Gasteiger partial charge < -0.3 is 5.32 Å². The highest BCUT2D eigenvalue weighted by atomic mass is 32.2. The molecule has 0 aromatic heterocycles. The van der Waals surface area contributed by atoms with Crippen LogP contribution in [0.3, 0.4) is 0 Å². The zero-order valence-electron chi connectivity index (χ0n) is 10.7. The van der Waals surface area contributed by atoms with Crippen molar-refractivity contribution in [3.05, 3.63) is 24.3 Å². The van der Waals surface area contributed by atoms with Crippen LogP contribution in [-0.4, -0.2) is 11.6 Å². The lowest BCUT2D eigenvalue weighted by Gasteiger charge is -2.19. The number of alkyl halides is 3. The SMILES string of the molecule is CC(C)CC(C)Nc1ccccc1SC(F)(F)F. The molecule has 1 rings (SSSR count). The molecule has 0 saturated heterocycles. The Balaban J connectivity index is 2.76. The van der Waals surface area contributed by atoms with Gasteiger partial charge in [0.2, 0.25) is 0 Å². The van der Waals surface area contributed by atoms with E-state index in [-0.39, 0.29) is 22.7 Å². The molecule has 1 aromatic carbocycles. The minimum absolute atomic E-state index is 0.0743. The van der Waals surface area contributed by atoms with Gasteiger partial charge in [-0.1, -0.05) is 26.0 Å². The molecular formula is C13H18F3NS. The van der Waals surface area contributed by atoms with E-state index in [1.165, 1.54) is 6.07 Å². The second-order valence-electron chi connectivity index (χ2n) is 4.72. The predicted molar refractivity (Wildman–Crippen MR) is 70.9 cm³/mol. The third-order valence-electron chi connectivity index (χ3n) is 2.34. The Hall–Kier alpha value is -0.840. The number of anilines is 1. The second-order valence-corrected chi connectivity index (χ2v) is 5.83. The fourth-order valence-electron chi connectivity index (χ4n) is 1.83. The first-order valence-electron chi connectivity index (χ1n) is 5.89. The molecule has 0 aliphatic rings. The summed E-state index contributed by atoms with van der Waals surface area (Å²) in [5.41, 5.74) is -3.70. The minimum Gasteiger partial charge on any atom is -0.382 e. The maximum atomic E-state index is 12.4. The van der Waals surface area contributed by atoms with Crippen LogP contribution in [0.25, 0.3) is 0 Å². The molecule has 102 valence electrons. The summed E-state index contributed by atoms with van der Waals surface area (Å²) in [4.78, 5) is 0.223. The predicted octanol–water partition coefficient (Wildman–Crippen LogP) is 5.15. The van der Waals surface area contributed by atoms with Crippen LogP contribution >= 0.6 is 11.8 Å². The summed E-state index contributed by atoms with van der Waals surface area (Å²) in [6.45, 7) is 6.16. The largest absolute Gasteiger partial charge is 0.446 e. The first-order valence-corrected chi connectivity index (χ1v) is 6.71. The van der Waals surface area contributed by atoms with Gasteiger partial charge in [0.1, 0.15) is 0 Å². The van der Waals surface area contributed by atoms with Crippen molar-refractivity contribution < 1.29 is 13.2 Å². The Kier molecular flexibility index (Phi) is 5.38. The molecule has 1 atom stereocenters. The van der Waals surface area contributed by atoms with Crippen molar-refractivity contribution in [3.63, 3.8) is 0 Å². The molecule has 0 spiro atoms. The maximum Gasteiger partial charge on any atom is 0.446 e. The fraction of sp³-hybridized carbons (Fsp3) is 0.538. The summed E-state index contributed by atoms with van der Waals surface area (Å²) < 4.78 is 37.2. The lowest BCUT2D eigenvalue weighted by Crippen LogP contribution is -2.18. The zero-order chi connectivity index (χ0) is 13.8. The summed E-state index contributed by atoms with van der Waals surface area (Å²) >= 11 is -0.0743. The average Bonchev–Trinajstić information content (AvgIpc) is 2.17. The molecular weight excluding hydrogens is 259 g/mol. The number of hydrogen-bond acceptors (Lipinski definition) is 2. The van der Waals surface area contributed by atoms with Crippen molar-refractivity contribution in [2.24, 2.45) is 5.92 Å². The van der Waals surface area contributed by atoms with E-state index < -0.39 is 5.51 Å². The van der Waals surface area contributed by atoms with Gasteiger partial charge in [0, 0.05) is 16.6 Å². The summed E-state index contributed by atoms with van der Waals surface area (Å²) in [6, 6.07) is 6.69. The topological polar surface area (TPSA) is 12.0 Å². The van der Waals surface area contributed by atoms with Crippen molar-refractivity contribution in [2.75, 3.05) is 5.32 Å². The maximum absolute atomic E-state index is 12.4. The monoisotopic (exact) mass is 277 g/mol. The first-order chi connectivity index (χ1) is 8.28. The van der Waals surface area contributed by atoms with Crippen molar-refractivity contribution in [2.45, 2.75) is 43.6 Å². The van der Waals surface area contributed by atoms with E-state index in [0.717, 1.165) is 6.42 Å². The molecule has 0 bridgehead atoms. The Morgan fingerprint density at radius 2 is 1.78 bits per heavy atom. The van der Waals surface area contributed by atoms with Crippen LogP contribution < -0.4 is 5.32 Å². The smallest absolute Gasteiger partial charge is 0.382 e. The lowest BCUT2D eigenvalue weighted by molar-refractivity contribution is -0.0327. The Morgan fingerprint density at radius 1 is 1.17 bits per heavy atom. The second kappa shape index (κ2) is 6.36. The highest BCUT2D eigenvalue weighted by Crippen LogP contribution is 2.40. The summed E-state index contributed by atoms with van der Waals surface area (Å²) in [7, 11) is 0. The van der Waals surface area contributed by atoms with E-state index in [1.807, 2.05) is 6.92 Å². The molecule has 5 heteroatoms. The summed E-state index contributed by atoms with van der Waals surface area (Å²) in [5.74, 6) is 0.509. The van der Waals surface area contributed by atoms with Crippen LogP contribution in [0.2, 0.25) is 0 Å². The Morgan fingerprint density at radius 3 is 2.33 bits per heavy atom. The van der Waals surface area contributed by atoms with Gasteiger partial charge >= 0.3 is 5.51 Å². The van der Waals surface area contributed by atoms with Crippen molar-refractivity contribution in [3.8, 4) is 0 Å². The molecule has 0 heterocycles. The number of rotatable bonds is 5. The van der Waals surface area contributed by atoms with E-state index in [0.29, 0.717) is 11.6 Å². The molecule has 0 aliphatic heterocycles. The molecule has 1 nitrogen and oxygen atoms in total. The van der Waals surface area contributed by atoms with E-state index in [9.17, 15) is 13.2 Å². The highest BCUT2D eigenvalue weighted by molar-refractivity contribution is 8.00. The first kappa shape index (κ1) is 15.2. The van der Waals surface area contributed by atoms with E-state index in [4.69, 9.17) is 0 Å². The number of para-hydroxylation sites is 1. The van der Waals surface area contributed by atoms with Gasteiger partial charge in [0.15, 0.2) is 0 Å². The molecule has 1 aromatic rings. The van der Waals surface area contributed by atoms with Crippen molar-refractivity contribution >= 4 is 17.4 Å². The number of nitrogens with one attached hydrogen (secondary N) is 1. The quantitative estimate of drug-likeness (QED) is 0.747. The fourth-order valence-corrected chi connectivity index (χ4v) is 2.46. The van der Waals surface area contributed by atoms with Gasteiger partial charge in [-0.05, 0) is 43.2 Å². The molecule has 0 amide bonds. The number of benzene rings is 1. The molecule has 0 aliphatic carbocycles. The van der Waals surface area contributed by atoms with Gasteiger partial charge in [-0.25, -0.2) is 0 Å². The van der Waals surface area contributed by atoms with Gasteiger partial charge in [-0.3, -0.25) is 0 Å². The number of halogens is 3. The highest BCUT2D eigenvalue weighted by Gasteiger charge is 2.30. The van der Waals surface area contributed by atoms with Crippen molar-refractivity contribution in [1.82, 2.24) is 0 Å².